The molecule has 1 N–H and O–H groups in total. The molecule has 0 radical (unpaired) electrons. The summed E-state index contributed by atoms with van der Waals surface area (Å²) in [5.74, 6) is 0. The summed E-state index contributed by atoms with van der Waals surface area (Å²) < 4.78 is 56.5. The van der Waals surface area contributed by atoms with Crippen LogP contribution in [0.2, 0.25) is 0 Å². The van der Waals surface area contributed by atoms with Gasteiger partial charge < -0.3 is 14.6 Å². The Hall–Kier alpha value is -2.06. The number of fused-ring (bicyclic) bond motifs is 1. The molecule has 8 nitrogen and oxygen atoms in total. The molecule has 1 aliphatic rings. The summed E-state index contributed by atoms with van der Waals surface area (Å²) in [6.07, 6.45) is -5.72. The summed E-state index contributed by atoms with van der Waals surface area (Å²) in [5, 5.41) is 11.0. The fourth-order valence-electron chi connectivity index (χ4n) is 3.18. The lowest BCUT2D eigenvalue weighted by Gasteiger charge is -2.34. The number of aromatic nitrogens is 3. The van der Waals surface area contributed by atoms with Crippen molar-refractivity contribution in [2.24, 2.45) is 7.05 Å². The van der Waals surface area contributed by atoms with E-state index in [4.69, 9.17) is 9.47 Å². The second-order valence-electron chi connectivity index (χ2n) is 7.10. The molecular weight excluding hydrogens is 507 g/mol. The maximum atomic E-state index is 13.1. The largest absolute Gasteiger partial charge is 0.431 e. The molecule has 0 unspecified atom stereocenters. The molecule has 4 rings (SSSR count). The number of benzene rings is 1. The molecule has 2 aromatic heterocycles. The number of rotatable bonds is 3. The van der Waals surface area contributed by atoms with Gasteiger partial charge in [0.1, 0.15) is 17.0 Å². The van der Waals surface area contributed by atoms with E-state index in [-0.39, 0.29) is 24.2 Å². The third kappa shape index (κ3) is 3.96. The van der Waals surface area contributed by atoms with Crippen molar-refractivity contribution >= 4 is 37.5 Å². The zero-order valence-electron chi connectivity index (χ0n) is 15.9. The second kappa shape index (κ2) is 7.81. The van der Waals surface area contributed by atoms with E-state index < -0.39 is 35.0 Å². The summed E-state index contributed by atoms with van der Waals surface area (Å²) in [7, 11) is 0.950. The summed E-state index contributed by atoms with van der Waals surface area (Å²) in [5.41, 5.74) is -4.27. The van der Waals surface area contributed by atoms with Gasteiger partial charge in [0.05, 0.1) is 23.6 Å². The number of halogens is 4. The fourth-order valence-corrected chi connectivity index (χ4v) is 4.27. The molecule has 3 heterocycles. The van der Waals surface area contributed by atoms with Crippen molar-refractivity contribution in [3.63, 3.8) is 0 Å². The summed E-state index contributed by atoms with van der Waals surface area (Å²) >= 11 is 4.32. The SMILES string of the molecule is Cn1c(C(F)(F)F)cc(=O)n(-c2ccc3snc(C4OCC(O)(CBr)CO4)c3c2)c1=O. The maximum Gasteiger partial charge on any atom is 0.431 e. The summed E-state index contributed by atoms with van der Waals surface area (Å²) in [6, 6.07) is 4.91. The molecule has 13 heteroatoms. The van der Waals surface area contributed by atoms with Crippen LogP contribution >= 0.6 is 27.5 Å². The van der Waals surface area contributed by atoms with Crippen molar-refractivity contribution in [2.75, 3.05) is 18.5 Å². The standard InChI is InChI=1S/C18H15BrF3N3O5S/c1-24-12(18(20,21)22)5-13(26)25(16(24)27)9-2-3-11-10(4-9)14(23-31-11)15-29-7-17(28,6-19)8-30-15/h2-5,15,28H,6-8H2,1H3. The van der Waals surface area contributed by atoms with E-state index in [1.54, 1.807) is 6.07 Å². The molecule has 0 atom stereocenters. The number of aliphatic hydroxyl groups is 1. The molecule has 3 aromatic rings. The van der Waals surface area contributed by atoms with E-state index in [9.17, 15) is 27.9 Å². The highest BCUT2D eigenvalue weighted by molar-refractivity contribution is 9.09. The van der Waals surface area contributed by atoms with Crippen molar-refractivity contribution in [1.29, 1.82) is 0 Å². The van der Waals surface area contributed by atoms with Gasteiger partial charge in [0, 0.05) is 23.8 Å². The van der Waals surface area contributed by atoms with Gasteiger partial charge in [0.2, 0.25) is 6.29 Å². The Bertz CT molecular complexity index is 1260. The fraction of sp³-hybridized carbons (Fsp3) is 0.389. The number of hydrogen-bond acceptors (Lipinski definition) is 7. The zero-order chi connectivity index (χ0) is 22.6. The van der Waals surface area contributed by atoms with Gasteiger partial charge in [-0.15, -0.1) is 0 Å². The predicted molar refractivity (Wildman–Crippen MR) is 109 cm³/mol. The normalized spacial score (nSPS) is 22.2. The molecule has 0 spiro atoms. The molecule has 1 fully saturated rings. The van der Waals surface area contributed by atoms with Crippen LogP contribution in [-0.4, -0.2) is 42.8 Å². The van der Waals surface area contributed by atoms with Crippen molar-refractivity contribution in [1.82, 2.24) is 13.5 Å². The second-order valence-corrected chi connectivity index (χ2v) is 8.47. The molecule has 1 saturated heterocycles. The molecule has 0 aliphatic carbocycles. The van der Waals surface area contributed by atoms with Crippen LogP contribution in [-0.2, 0) is 22.7 Å². The van der Waals surface area contributed by atoms with Gasteiger partial charge in [-0.1, -0.05) is 15.9 Å². The van der Waals surface area contributed by atoms with Gasteiger partial charge in [-0.2, -0.15) is 17.5 Å². The van der Waals surface area contributed by atoms with Crippen LogP contribution in [0.5, 0.6) is 0 Å². The zero-order valence-corrected chi connectivity index (χ0v) is 18.3. The average Bonchev–Trinajstić information content (AvgIpc) is 3.14. The van der Waals surface area contributed by atoms with Gasteiger partial charge >= 0.3 is 11.9 Å². The van der Waals surface area contributed by atoms with E-state index in [0.29, 0.717) is 31.0 Å². The summed E-state index contributed by atoms with van der Waals surface area (Å²) in [4.78, 5) is 24.9. The van der Waals surface area contributed by atoms with E-state index in [2.05, 4.69) is 20.3 Å². The average molecular weight is 522 g/mol. The first-order chi connectivity index (χ1) is 14.5. The van der Waals surface area contributed by atoms with Gasteiger partial charge in [-0.25, -0.2) is 9.36 Å². The molecule has 0 amide bonds. The van der Waals surface area contributed by atoms with Gasteiger partial charge in [0.15, 0.2) is 0 Å². The van der Waals surface area contributed by atoms with Gasteiger partial charge in [0.25, 0.3) is 5.56 Å². The number of hydrogen-bond donors (Lipinski definition) is 1. The van der Waals surface area contributed by atoms with Crippen LogP contribution in [0, 0.1) is 0 Å². The Labute approximate surface area is 184 Å². The van der Waals surface area contributed by atoms with Crippen molar-refractivity contribution in [2.45, 2.75) is 18.1 Å². The molecule has 0 bridgehead atoms. The smallest absolute Gasteiger partial charge is 0.384 e. The lowest BCUT2D eigenvalue weighted by Crippen LogP contribution is -2.46. The Morgan fingerprint density at radius 1 is 1.29 bits per heavy atom. The highest BCUT2D eigenvalue weighted by Crippen LogP contribution is 2.34. The van der Waals surface area contributed by atoms with Crippen molar-refractivity contribution in [3.8, 4) is 5.69 Å². The van der Waals surface area contributed by atoms with Crippen LogP contribution in [0.3, 0.4) is 0 Å². The lowest BCUT2D eigenvalue weighted by molar-refractivity contribution is -0.250. The minimum atomic E-state index is -4.84. The minimum Gasteiger partial charge on any atom is -0.384 e. The van der Waals surface area contributed by atoms with E-state index in [0.717, 1.165) is 18.6 Å². The van der Waals surface area contributed by atoms with E-state index in [1.807, 2.05) is 0 Å². The van der Waals surface area contributed by atoms with Crippen molar-refractivity contribution in [3.05, 3.63) is 56.5 Å². The van der Waals surface area contributed by atoms with Crippen LogP contribution in [0.1, 0.15) is 17.7 Å². The lowest BCUT2D eigenvalue weighted by atomic mass is 10.1. The van der Waals surface area contributed by atoms with Gasteiger partial charge in [-0.05, 0) is 29.7 Å². The Balaban J connectivity index is 1.78. The first-order valence-corrected chi connectivity index (χ1v) is 10.7. The number of alkyl halides is 4. The minimum absolute atomic E-state index is 0.000529. The Morgan fingerprint density at radius 2 is 1.97 bits per heavy atom. The predicted octanol–water partition coefficient (Wildman–Crippen LogP) is 2.34. The first kappa shape index (κ1) is 22.1. The molecule has 166 valence electrons. The molecule has 0 saturated carbocycles. The highest BCUT2D eigenvalue weighted by Gasteiger charge is 2.37. The van der Waals surface area contributed by atoms with Crippen LogP contribution < -0.4 is 11.2 Å². The quantitative estimate of drug-likeness (QED) is 0.531. The van der Waals surface area contributed by atoms with E-state index >= 15 is 0 Å². The Kier molecular flexibility index (Phi) is 5.58. The van der Waals surface area contributed by atoms with E-state index in [1.165, 1.54) is 12.1 Å². The molecule has 31 heavy (non-hydrogen) atoms. The number of ether oxygens (including phenoxy) is 2. The first-order valence-electron chi connectivity index (χ1n) is 8.86. The van der Waals surface area contributed by atoms with Crippen LogP contribution in [0.15, 0.2) is 33.9 Å². The Morgan fingerprint density at radius 3 is 2.58 bits per heavy atom. The van der Waals surface area contributed by atoms with Crippen molar-refractivity contribution < 1.29 is 27.8 Å². The van der Waals surface area contributed by atoms with Crippen LogP contribution in [0.25, 0.3) is 15.8 Å². The molecule has 1 aromatic carbocycles. The number of nitrogens with zero attached hydrogens (tertiary/aromatic N) is 3. The molecule has 1 aliphatic heterocycles. The topological polar surface area (TPSA) is 95.6 Å². The molecular formula is C18H15BrF3N3O5S. The third-order valence-electron chi connectivity index (χ3n) is 4.83. The maximum absolute atomic E-state index is 13.1. The monoisotopic (exact) mass is 521 g/mol. The van der Waals surface area contributed by atoms with Crippen LogP contribution in [0.4, 0.5) is 13.2 Å². The third-order valence-corrected chi connectivity index (χ3v) is 6.71. The summed E-state index contributed by atoms with van der Waals surface area (Å²) in [6.45, 7) is 0.00106. The van der Waals surface area contributed by atoms with Gasteiger partial charge in [-0.3, -0.25) is 9.36 Å². The highest BCUT2D eigenvalue weighted by atomic mass is 79.9.